The van der Waals surface area contributed by atoms with E-state index in [-0.39, 0.29) is 11.8 Å². The molecule has 0 aromatic rings. The van der Waals surface area contributed by atoms with Gasteiger partial charge in [-0.05, 0) is 18.3 Å². The first-order valence-electron chi connectivity index (χ1n) is 5.66. The van der Waals surface area contributed by atoms with Gasteiger partial charge in [0.1, 0.15) is 0 Å². The average molecular weight is 207 g/mol. The van der Waals surface area contributed by atoms with Crippen LogP contribution in [0.25, 0.3) is 0 Å². The smallest absolute Gasteiger partial charge is 0.253 e. The standard InChI is InChI=1S/C7H12.C5H5NO2/c1-2-7-4-3-6(1)5-7;1-6-4(7)2-3-5(6)8/h6-7H,1-5H2;2-3H,1H3. The Morgan fingerprint density at radius 3 is 1.53 bits per heavy atom. The van der Waals surface area contributed by atoms with Crippen molar-refractivity contribution < 1.29 is 9.59 Å². The number of imide groups is 1. The summed E-state index contributed by atoms with van der Waals surface area (Å²) in [5.41, 5.74) is 0. The summed E-state index contributed by atoms with van der Waals surface area (Å²) >= 11 is 0. The number of hydrogen-bond acceptors (Lipinski definition) is 2. The summed E-state index contributed by atoms with van der Waals surface area (Å²) in [5.74, 6) is 1.86. The van der Waals surface area contributed by atoms with Crippen molar-refractivity contribution in [1.29, 1.82) is 0 Å². The topological polar surface area (TPSA) is 37.4 Å². The van der Waals surface area contributed by atoms with Crippen molar-refractivity contribution in [3.63, 3.8) is 0 Å². The van der Waals surface area contributed by atoms with Gasteiger partial charge in [-0.3, -0.25) is 14.5 Å². The lowest BCUT2D eigenvalue weighted by molar-refractivity contribution is -0.135. The molecule has 2 aliphatic carbocycles. The van der Waals surface area contributed by atoms with Crippen molar-refractivity contribution in [1.82, 2.24) is 4.90 Å². The van der Waals surface area contributed by atoms with Gasteiger partial charge in [-0.25, -0.2) is 0 Å². The van der Waals surface area contributed by atoms with E-state index in [9.17, 15) is 9.59 Å². The highest BCUT2D eigenvalue weighted by Crippen LogP contribution is 2.43. The third kappa shape index (κ3) is 2.28. The van der Waals surface area contributed by atoms with Crippen LogP contribution in [-0.2, 0) is 9.59 Å². The van der Waals surface area contributed by atoms with Crippen molar-refractivity contribution in [2.24, 2.45) is 11.8 Å². The van der Waals surface area contributed by atoms with Gasteiger partial charge in [-0.1, -0.05) is 25.7 Å². The second-order valence-electron chi connectivity index (χ2n) is 4.69. The van der Waals surface area contributed by atoms with Crippen molar-refractivity contribution in [2.75, 3.05) is 7.05 Å². The third-order valence-electron chi connectivity index (χ3n) is 3.66. The monoisotopic (exact) mass is 207 g/mol. The molecule has 1 heterocycles. The first kappa shape index (κ1) is 10.4. The predicted octanol–water partition coefficient (Wildman–Crippen LogP) is 1.74. The molecular weight excluding hydrogens is 190 g/mol. The van der Waals surface area contributed by atoms with Crippen LogP contribution < -0.4 is 0 Å². The summed E-state index contributed by atoms with van der Waals surface area (Å²) in [6.07, 6.45) is 10.3. The summed E-state index contributed by atoms with van der Waals surface area (Å²) in [6, 6.07) is 0. The van der Waals surface area contributed by atoms with E-state index in [0.717, 1.165) is 4.90 Å². The van der Waals surface area contributed by atoms with Crippen molar-refractivity contribution >= 4 is 11.8 Å². The summed E-state index contributed by atoms with van der Waals surface area (Å²) in [4.78, 5) is 21.9. The number of nitrogens with zero attached hydrogens (tertiary/aromatic N) is 1. The number of rotatable bonds is 0. The van der Waals surface area contributed by atoms with Crippen LogP contribution in [0.2, 0.25) is 0 Å². The van der Waals surface area contributed by atoms with Gasteiger partial charge in [0.05, 0.1) is 0 Å². The zero-order valence-electron chi connectivity index (χ0n) is 9.11. The molecule has 0 spiro atoms. The number of likely N-dealkylation sites (N-methyl/N-ethyl adjacent to an activating group) is 1. The fourth-order valence-corrected chi connectivity index (χ4v) is 2.65. The molecule has 82 valence electrons. The molecule has 0 N–H and O–H groups in total. The van der Waals surface area contributed by atoms with Crippen LogP contribution in [0.1, 0.15) is 32.1 Å². The first-order valence-corrected chi connectivity index (χ1v) is 5.66. The fraction of sp³-hybridized carbons (Fsp3) is 0.667. The molecule has 0 saturated heterocycles. The Balaban J connectivity index is 0.000000114. The molecule has 15 heavy (non-hydrogen) atoms. The normalized spacial score (nSPS) is 32.2. The molecule has 3 rings (SSSR count). The Labute approximate surface area is 90.1 Å². The highest BCUT2D eigenvalue weighted by Gasteiger charge is 2.30. The highest BCUT2D eigenvalue weighted by molar-refractivity contribution is 6.12. The maximum atomic E-state index is 10.4. The maximum absolute atomic E-state index is 10.4. The Hall–Kier alpha value is -1.12. The summed E-state index contributed by atoms with van der Waals surface area (Å²) < 4.78 is 0. The molecule has 2 amide bonds. The number of fused-ring (bicyclic) bond motifs is 2. The van der Waals surface area contributed by atoms with E-state index < -0.39 is 0 Å². The van der Waals surface area contributed by atoms with Crippen LogP contribution in [0.5, 0.6) is 0 Å². The molecule has 3 aliphatic rings. The molecule has 1 aliphatic heterocycles. The second kappa shape index (κ2) is 4.17. The van der Waals surface area contributed by atoms with Crippen molar-refractivity contribution in [3.05, 3.63) is 12.2 Å². The van der Waals surface area contributed by atoms with E-state index >= 15 is 0 Å². The van der Waals surface area contributed by atoms with Crippen LogP contribution in [0.4, 0.5) is 0 Å². The van der Waals surface area contributed by atoms with Gasteiger partial charge in [-0.2, -0.15) is 0 Å². The van der Waals surface area contributed by atoms with Gasteiger partial charge < -0.3 is 0 Å². The molecular formula is C12H17NO2. The van der Waals surface area contributed by atoms with E-state index in [1.165, 1.54) is 31.0 Å². The molecule has 0 aromatic heterocycles. The maximum Gasteiger partial charge on any atom is 0.253 e. The molecule has 0 atom stereocenters. The van der Waals surface area contributed by atoms with Gasteiger partial charge >= 0.3 is 0 Å². The fourth-order valence-electron chi connectivity index (χ4n) is 2.65. The number of carbonyl (C=O) groups excluding carboxylic acids is 2. The van der Waals surface area contributed by atoms with Gasteiger partial charge in [0.15, 0.2) is 0 Å². The van der Waals surface area contributed by atoms with Crippen LogP contribution in [-0.4, -0.2) is 23.8 Å². The molecule has 0 radical (unpaired) electrons. The van der Waals surface area contributed by atoms with Crippen LogP contribution in [0.15, 0.2) is 12.2 Å². The van der Waals surface area contributed by atoms with E-state index in [0.29, 0.717) is 0 Å². The minimum Gasteiger partial charge on any atom is -0.279 e. The lowest BCUT2D eigenvalue weighted by Crippen LogP contribution is -2.24. The molecule has 2 fully saturated rings. The van der Waals surface area contributed by atoms with Crippen LogP contribution in [0, 0.1) is 11.8 Å². The van der Waals surface area contributed by atoms with Gasteiger partial charge in [0.25, 0.3) is 11.8 Å². The zero-order chi connectivity index (χ0) is 10.8. The Morgan fingerprint density at radius 2 is 1.40 bits per heavy atom. The third-order valence-corrected chi connectivity index (χ3v) is 3.66. The van der Waals surface area contributed by atoms with Crippen molar-refractivity contribution in [3.8, 4) is 0 Å². The van der Waals surface area contributed by atoms with Gasteiger partial charge in [-0.15, -0.1) is 0 Å². The van der Waals surface area contributed by atoms with Gasteiger partial charge in [0.2, 0.25) is 0 Å². The number of amides is 2. The average Bonchev–Trinajstić information content (AvgIpc) is 2.93. The molecule has 0 aromatic carbocycles. The highest BCUT2D eigenvalue weighted by atomic mass is 16.2. The summed E-state index contributed by atoms with van der Waals surface area (Å²) in [7, 11) is 1.45. The first-order chi connectivity index (χ1) is 7.16. The minimum atomic E-state index is -0.241. The van der Waals surface area contributed by atoms with Gasteiger partial charge in [0, 0.05) is 19.2 Å². The molecule has 0 unspecified atom stereocenters. The Bertz CT molecular complexity index is 273. The number of hydrogen-bond donors (Lipinski definition) is 0. The summed E-state index contributed by atoms with van der Waals surface area (Å²) in [6.45, 7) is 0. The lowest BCUT2D eigenvalue weighted by Gasteiger charge is -2.05. The van der Waals surface area contributed by atoms with Crippen LogP contribution in [0.3, 0.4) is 0 Å². The van der Waals surface area contributed by atoms with E-state index in [4.69, 9.17) is 0 Å². The SMILES string of the molecule is C1CC2CCC1C2.CN1C(=O)C=CC1=O. The van der Waals surface area contributed by atoms with Crippen molar-refractivity contribution in [2.45, 2.75) is 32.1 Å². The Kier molecular flexibility index (Phi) is 2.89. The molecule has 2 saturated carbocycles. The van der Waals surface area contributed by atoms with E-state index in [2.05, 4.69) is 0 Å². The second-order valence-corrected chi connectivity index (χ2v) is 4.69. The van der Waals surface area contributed by atoms with E-state index in [1.807, 2.05) is 0 Å². The minimum absolute atomic E-state index is 0.241. The lowest BCUT2D eigenvalue weighted by atomic mass is 10.0. The summed E-state index contributed by atoms with van der Waals surface area (Å²) in [5, 5.41) is 0. The molecule has 3 heteroatoms. The largest absolute Gasteiger partial charge is 0.279 e. The quantitative estimate of drug-likeness (QED) is 0.567. The predicted molar refractivity (Wildman–Crippen MR) is 57.0 cm³/mol. The molecule has 3 nitrogen and oxygen atoms in total. The van der Waals surface area contributed by atoms with Crippen LogP contribution >= 0.6 is 0 Å². The zero-order valence-corrected chi connectivity index (χ0v) is 9.11. The number of carbonyl (C=O) groups is 2. The Morgan fingerprint density at radius 1 is 1.00 bits per heavy atom. The molecule has 2 bridgehead atoms. The van der Waals surface area contributed by atoms with E-state index in [1.54, 1.807) is 32.1 Å².